The third-order valence-corrected chi connectivity index (χ3v) is 4.77. The molecule has 0 saturated heterocycles. The highest BCUT2D eigenvalue weighted by molar-refractivity contribution is 5.99. The van der Waals surface area contributed by atoms with Crippen molar-refractivity contribution >= 4 is 11.9 Å². The molecule has 130 valence electrons. The number of halogens is 1. The zero-order valence-electron chi connectivity index (χ0n) is 13.7. The number of carbonyl (C=O) groups is 2. The first-order chi connectivity index (χ1) is 12.0. The van der Waals surface area contributed by atoms with Gasteiger partial charge in [-0.1, -0.05) is 6.07 Å². The second-order valence-corrected chi connectivity index (χ2v) is 6.52. The number of hydrogen-bond donors (Lipinski definition) is 1. The number of aryl methyl sites for hydroxylation is 1. The van der Waals surface area contributed by atoms with Gasteiger partial charge in [0.05, 0.1) is 6.54 Å². The van der Waals surface area contributed by atoms with E-state index in [1.54, 1.807) is 17.9 Å². The largest absolute Gasteiger partial charge is 0.476 e. The fraction of sp³-hybridized carbons (Fsp3) is 0.412. The summed E-state index contributed by atoms with van der Waals surface area (Å²) in [6.07, 6.45) is 1.76. The van der Waals surface area contributed by atoms with E-state index >= 15 is 0 Å². The molecule has 3 heterocycles. The number of nitrogens with zero attached hydrogens (tertiary/aromatic N) is 4. The first-order valence-electron chi connectivity index (χ1n) is 8.21. The number of carbonyl (C=O) groups excluding carboxylic acids is 1. The van der Waals surface area contributed by atoms with Crippen LogP contribution in [0.3, 0.4) is 0 Å². The van der Waals surface area contributed by atoms with Crippen molar-refractivity contribution in [1.29, 1.82) is 0 Å². The van der Waals surface area contributed by atoms with Gasteiger partial charge >= 0.3 is 5.97 Å². The average Bonchev–Trinajstić information content (AvgIpc) is 3.32. The van der Waals surface area contributed by atoms with Crippen molar-refractivity contribution in [3.05, 3.63) is 46.3 Å². The number of aromatic carboxylic acids is 1. The van der Waals surface area contributed by atoms with E-state index in [9.17, 15) is 19.1 Å². The van der Waals surface area contributed by atoms with Crippen LogP contribution < -0.4 is 0 Å². The molecule has 25 heavy (non-hydrogen) atoms. The Kier molecular flexibility index (Phi) is 3.55. The van der Waals surface area contributed by atoms with E-state index in [-0.39, 0.29) is 17.5 Å². The molecule has 0 radical (unpaired) electrons. The Morgan fingerprint density at radius 1 is 1.36 bits per heavy atom. The third kappa shape index (κ3) is 2.67. The summed E-state index contributed by atoms with van der Waals surface area (Å²) in [4.78, 5) is 29.9. The van der Waals surface area contributed by atoms with Gasteiger partial charge in [0.1, 0.15) is 5.69 Å². The zero-order valence-corrected chi connectivity index (χ0v) is 13.7. The van der Waals surface area contributed by atoms with Gasteiger partial charge in [0, 0.05) is 24.3 Å². The maximum absolute atomic E-state index is 13.2. The molecule has 2 aromatic rings. The molecule has 1 aliphatic heterocycles. The quantitative estimate of drug-likeness (QED) is 0.857. The van der Waals surface area contributed by atoms with Crippen LogP contribution in [0.5, 0.6) is 0 Å². The van der Waals surface area contributed by atoms with E-state index in [4.69, 9.17) is 0 Å². The van der Waals surface area contributed by atoms with Crippen LogP contribution in [-0.2, 0) is 13.1 Å². The molecule has 2 aliphatic rings. The Balaban J connectivity index is 1.68. The van der Waals surface area contributed by atoms with Crippen LogP contribution in [0.15, 0.2) is 12.1 Å². The lowest BCUT2D eigenvalue weighted by molar-refractivity contribution is 0.0670. The Morgan fingerprint density at radius 2 is 2.12 bits per heavy atom. The summed E-state index contributed by atoms with van der Waals surface area (Å²) in [6.45, 7) is 2.89. The lowest BCUT2D eigenvalue weighted by Gasteiger charge is -2.28. The van der Waals surface area contributed by atoms with Crippen molar-refractivity contribution in [1.82, 2.24) is 19.7 Å². The van der Waals surface area contributed by atoms with Crippen molar-refractivity contribution in [2.75, 3.05) is 6.54 Å². The van der Waals surface area contributed by atoms with Gasteiger partial charge < -0.3 is 10.0 Å². The van der Waals surface area contributed by atoms with Gasteiger partial charge in [-0.25, -0.2) is 9.78 Å². The molecule has 1 amide bonds. The molecular formula is C17H17FN4O3. The highest BCUT2D eigenvalue weighted by Crippen LogP contribution is 2.44. The molecule has 0 atom stereocenters. The number of amides is 1. The summed E-state index contributed by atoms with van der Waals surface area (Å²) in [5.41, 5.74) is 2.26. The highest BCUT2D eigenvalue weighted by atomic mass is 19.1. The molecule has 2 aromatic heterocycles. The van der Waals surface area contributed by atoms with E-state index in [0.717, 1.165) is 18.4 Å². The Bertz CT molecular complexity index is 888. The molecule has 7 nitrogen and oxygen atoms in total. The van der Waals surface area contributed by atoms with E-state index < -0.39 is 11.9 Å². The van der Waals surface area contributed by atoms with Gasteiger partial charge in [0.2, 0.25) is 5.95 Å². The van der Waals surface area contributed by atoms with Crippen LogP contribution in [0.25, 0.3) is 0 Å². The van der Waals surface area contributed by atoms with E-state index in [2.05, 4.69) is 10.1 Å². The van der Waals surface area contributed by atoms with Crippen LogP contribution in [-0.4, -0.2) is 43.2 Å². The molecule has 1 saturated carbocycles. The normalized spacial score (nSPS) is 16.9. The Morgan fingerprint density at radius 3 is 2.76 bits per heavy atom. The van der Waals surface area contributed by atoms with Gasteiger partial charge in [-0.15, -0.1) is 0 Å². The summed E-state index contributed by atoms with van der Waals surface area (Å²) in [5.74, 6) is -1.77. The Labute approximate surface area is 143 Å². The fourth-order valence-corrected chi connectivity index (χ4v) is 3.33. The number of rotatable bonds is 4. The fourth-order valence-electron chi connectivity index (χ4n) is 3.33. The highest BCUT2D eigenvalue weighted by Gasteiger charge is 2.40. The summed E-state index contributed by atoms with van der Waals surface area (Å²) >= 11 is 0. The van der Waals surface area contributed by atoms with Crippen LogP contribution in [0, 0.1) is 12.9 Å². The second-order valence-electron chi connectivity index (χ2n) is 6.52. The van der Waals surface area contributed by atoms with Crippen LogP contribution in [0.4, 0.5) is 4.39 Å². The molecule has 8 heteroatoms. The lowest BCUT2D eigenvalue weighted by atomic mass is 10.1. The maximum atomic E-state index is 13.2. The summed E-state index contributed by atoms with van der Waals surface area (Å²) in [5, 5.41) is 13.5. The van der Waals surface area contributed by atoms with Gasteiger partial charge in [0.25, 0.3) is 5.91 Å². The predicted molar refractivity (Wildman–Crippen MR) is 84.8 cm³/mol. The van der Waals surface area contributed by atoms with Gasteiger partial charge in [-0.2, -0.15) is 9.49 Å². The summed E-state index contributed by atoms with van der Waals surface area (Å²) in [6, 6.07) is 2.90. The van der Waals surface area contributed by atoms with Crippen molar-refractivity contribution in [3.63, 3.8) is 0 Å². The summed E-state index contributed by atoms with van der Waals surface area (Å²) in [7, 11) is 0. The van der Waals surface area contributed by atoms with Crippen LogP contribution in [0.2, 0.25) is 0 Å². The van der Waals surface area contributed by atoms with Crippen LogP contribution >= 0.6 is 0 Å². The minimum atomic E-state index is -1.10. The van der Waals surface area contributed by atoms with E-state index in [1.807, 2.05) is 0 Å². The monoisotopic (exact) mass is 344 g/mol. The van der Waals surface area contributed by atoms with Crippen molar-refractivity contribution in [3.8, 4) is 0 Å². The van der Waals surface area contributed by atoms with E-state index in [0.29, 0.717) is 36.6 Å². The molecule has 0 spiro atoms. The lowest BCUT2D eigenvalue weighted by Crippen LogP contribution is -2.40. The van der Waals surface area contributed by atoms with E-state index in [1.165, 1.54) is 10.7 Å². The smallest absolute Gasteiger partial charge is 0.356 e. The van der Waals surface area contributed by atoms with Gasteiger partial charge in [0.15, 0.2) is 5.69 Å². The van der Waals surface area contributed by atoms with Crippen molar-refractivity contribution < 1.29 is 19.1 Å². The topological polar surface area (TPSA) is 88.3 Å². The predicted octanol–water partition coefficient (Wildman–Crippen LogP) is 1.96. The van der Waals surface area contributed by atoms with Crippen LogP contribution in [0.1, 0.15) is 56.6 Å². The molecule has 0 bridgehead atoms. The minimum absolute atomic E-state index is 0.00710. The van der Waals surface area contributed by atoms with Gasteiger partial charge in [-0.3, -0.25) is 9.48 Å². The standard InChI is InChI=1S/C17H17FN4O3/c1-9-11(4-5-12(18)19-9)8-21-6-7-22-15(16(21)23)13(10-2-3-10)14(20-22)17(24)25/h4-5,10H,2-3,6-8H2,1H3,(H,24,25). The van der Waals surface area contributed by atoms with Gasteiger partial charge in [-0.05, 0) is 37.3 Å². The molecular weight excluding hydrogens is 327 g/mol. The molecule has 0 unspecified atom stereocenters. The SMILES string of the molecule is Cc1nc(F)ccc1CN1CCn2nc(C(=O)O)c(C3CC3)c2C1=O. The minimum Gasteiger partial charge on any atom is -0.476 e. The number of aromatic nitrogens is 3. The number of carboxylic acids is 1. The number of fused-ring (bicyclic) bond motifs is 1. The second kappa shape index (κ2) is 5.65. The zero-order chi connectivity index (χ0) is 17.7. The number of pyridine rings is 1. The summed E-state index contributed by atoms with van der Waals surface area (Å²) < 4.78 is 14.7. The van der Waals surface area contributed by atoms with Crippen molar-refractivity contribution in [2.24, 2.45) is 0 Å². The molecule has 1 fully saturated rings. The molecule has 1 N–H and O–H groups in total. The third-order valence-electron chi connectivity index (χ3n) is 4.77. The first-order valence-corrected chi connectivity index (χ1v) is 8.21. The van der Waals surface area contributed by atoms with Crippen molar-refractivity contribution in [2.45, 2.75) is 38.8 Å². The Hall–Kier alpha value is -2.77. The maximum Gasteiger partial charge on any atom is 0.356 e. The molecule has 0 aromatic carbocycles. The first kappa shape index (κ1) is 15.7. The number of hydrogen-bond acceptors (Lipinski definition) is 4. The average molecular weight is 344 g/mol. The molecule has 4 rings (SSSR count). The number of carboxylic acid groups (broad SMARTS) is 1. The molecule has 1 aliphatic carbocycles.